The first-order chi connectivity index (χ1) is 6.31. The van der Waals surface area contributed by atoms with Gasteiger partial charge in [0.15, 0.2) is 0 Å². The van der Waals surface area contributed by atoms with Gasteiger partial charge in [-0.15, -0.1) is 0 Å². The van der Waals surface area contributed by atoms with E-state index in [1.165, 1.54) is 5.69 Å². The summed E-state index contributed by atoms with van der Waals surface area (Å²) in [7, 11) is 0. The molecule has 1 aromatic heterocycles. The predicted octanol–water partition coefficient (Wildman–Crippen LogP) is 0.704. The molecule has 2 rings (SSSR count). The first-order valence-electron chi connectivity index (χ1n) is 4.60. The van der Waals surface area contributed by atoms with E-state index in [-0.39, 0.29) is 5.91 Å². The number of fused-ring (bicyclic) bond motifs is 1. The topological polar surface area (TPSA) is 49.0 Å². The van der Waals surface area contributed by atoms with Crippen LogP contribution in [0.25, 0.3) is 0 Å². The fourth-order valence-corrected chi connectivity index (χ4v) is 1.65. The Bertz CT molecular complexity index is 318. The highest BCUT2D eigenvalue weighted by molar-refractivity contribution is 5.76. The average Bonchev–Trinajstić information content (AvgIpc) is 2.63. The molecule has 0 saturated heterocycles. The fraction of sp³-hybridized carbons (Fsp3) is 0.556. The van der Waals surface area contributed by atoms with Gasteiger partial charge in [0.05, 0.1) is 18.6 Å². The van der Waals surface area contributed by atoms with E-state index in [1.807, 2.05) is 11.8 Å². The van der Waals surface area contributed by atoms with Crippen molar-refractivity contribution in [2.75, 3.05) is 6.54 Å². The van der Waals surface area contributed by atoms with E-state index in [1.54, 1.807) is 6.33 Å². The van der Waals surface area contributed by atoms with Gasteiger partial charge in [0.1, 0.15) is 0 Å². The third kappa shape index (κ3) is 1.43. The summed E-state index contributed by atoms with van der Waals surface area (Å²) in [6.07, 6.45) is 3.19. The Kier molecular flexibility index (Phi) is 2.04. The highest BCUT2D eigenvalue weighted by Gasteiger charge is 2.20. The lowest BCUT2D eigenvalue weighted by Crippen LogP contribution is -2.35. The third-order valence-corrected chi connectivity index (χ3v) is 2.44. The summed E-state index contributed by atoms with van der Waals surface area (Å²) >= 11 is 0. The Labute approximate surface area is 77.0 Å². The summed E-state index contributed by atoms with van der Waals surface area (Å²) in [5.74, 6) is 0.216. The lowest BCUT2D eigenvalue weighted by molar-refractivity contribution is -0.131. The second-order valence-corrected chi connectivity index (χ2v) is 3.25. The lowest BCUT2D eigenvalue weighted by Gasteiger charge is -2.25. The van der Waals surface area contributed by atoms with Crippen molar-refractivity contribution in [3.8, 4) is 0 Å². The van der Waals surface area contributed by atoms with E-state index < -0.39 is 0 Å². The van der Waals surface area contributed by atoms with Crippen molar-refractivity contribution in [3.63, 3.8) is 0 Å². The third-order valence-electron chi connectivity index (χ3n) is 2.44. The molecule has 0 saturated carbocycles. The SMILES string of the molecule is CCC(=O)N1CCc2[nH]cnc2C1. The van der Waals surface area contributed by atoms with E-state index in [0.717, 1.165) is 18.7 Å². The van der Waals surface area contributed by atoms with E-state index in [2.05, 4.69) is 9.97 Å². The molecular formula is C9H13N3O. The number of aromatic amines is 1. The van der Waals surface area contributed by atoms with Crippen molar-refractivity contribution < 1.29 is 4.79 Å². The minimum absolute atomic E-state index is 0.216. The zero-order valence-corrected chi connectivity index (χ0v) is 7.71. The van der Waals surface area contributed by atoms with Crippen LogP contribution in [-0.4, -0.2) is 27.3 Å². The summed E-state index contributed by atoms with van der Waals surface area (Å²) in [5.41, 5.74) is 2.20. The second-order valence-electron chi connectivity index (χ2n) is 3.25. The van der Waals surface area contributed by atoms with E-state index in [9.17, 15) is 4.79 Å². The second kappa shape index (κ2) is 3.20. The molecule has 4 nitrogen and oxygen atoms in total. The number of carbonyl (C=O) groups is 1. The predicted molar refractivity (Wildman–Crippen MR) is 48.0 cm³/mol. The number of hydrogen-bond donors (Lipinski definition) is 1. The van der Waals surface area contributed by atoms with Crippen LogP contribution in [-0.2, 0) is 17.8 Å². The number of nitrogens with one attached hydrogen (secondary N) is 1. The van der Waals surface area contributed by atoms with Crippen LogP contribution < -0.4 is 0 Å². The van der Waals surface area contributed by atoms with E-state index in [0.29, 0.717) is 13.0 Å². The molecule has 0 bridgehead atoms. The average molecular weight is 179 g/mol. The quantitative estimate of drug-likeness (QED) is 0.690. The van der Waals surface area contributed by atoms with Crippen molar-refractivity contribution in [3.05, 3.63) is 17.7 Å². The number of aromatic nitrogens is 2. The smallest absolute Gasteiger partial charge is 0.222 e. The standard InChI is InChI=1S/C9H13N3O/c1-2-9(13)12-4-3-7-8(5-12)11-6-10-7/h6H,2-5H2,1H3,(H,10,11). The molecule has 0 aliphatic carbocycles. The van der Waals surface area contributed by atoms with Gasteiger partial charge in [-0.2, -0.15) is 0 Å². The molecule has 0 fully saturated rings. The minimum atomic E-state index is 0.216. The lowest BCUT2D eigenvalue weighted by atomic mass is 10.1. The van der Waals surface area contributed by atoms with E-state index >= 15 is 0 Å². The van der Waals surface area contributed by atoms with Gasteiger partial charge in [0.25, 0.3) is 0 Å². The Balaban J connectivity index is 2.13. The fourth-order valence-electron chi connectivity index (χ4n) is 1.65. The molecule has 0 spiro atoms. The Morgan fingerprint density at radius 3 is 3.38 bits per heavy atom. The van der Waals surface area contributed by atoms with Crippen LogP contribution in [0.1, 0.15) is 24.7 Å². The maximum atomic E-state index is 11.4. The molecule has 13 heavy (non-hydrogen) atoms. The molecule has 0 aromatic carbocycles. The van der Waals surface area contributed by atoms with Crippen LogP contribution in [0, 0.1) is 0 Å². The molecule has 0 radical (unpaired) electrons. The van der Waals surface area contributed by atoms with Gasteiger partial charge in [-0.05, 0) is 0 Å². The molecule has 70 valence electrons. The van der Waals surface area contributed by atoms with Crippen molar-refractivity contribution >= 4 is 5.91 Å². The molecule has 0 atom stereocenters. The molecule has 1 aromatic rings. The first kappa shape index (κ1) is 8.29. The Morgan fingerprint density at radius 1 is 1.77 bits per heavy atom. The molecule has 1 aliphatic rings. The normalized spacial score (nSPS) is 15.6. The molecule has 1 amide bonds. The Hall–Kier alpha value is -1.32. The van der Waals surface area contributed by atoms with Gasteiger partial charge >= 0.3 is 0 Å². The van der Waals surface area contributed by atoms with Crippen molar-refractivity contribution in [1.82, 2.24) is 14.9 Å². The summed E-state index contributed by atoms with van der Waals surface area (Å²) < 4.78 is 0. The van der Waals surface area contributed by atoms with Gasteiger partial charge in [0, 0.05) is 25.1 Å². The Morgan fingerprint density at radius 2 is 2.62 bits per heavy atom. The highest BCUT2D eigenvalue weighted by Crippen LogP contribution is 2.15. The van der Waals surface area contributed by atoms with E-state index in [4.69, 9.17) is 0 Å². The van der Waals surface area contributed by atoms with Crippen molar-refractivity contribution in [2.45, 2.75) is 26.3 Å². The van der Waals surface area contributed by atoms with Gasteiger partial charge in [-0.1, -0.05) is 6.92 Å². The molecule has 1 aliphatic heterocycles. The number of H-pyrrole nitrogens is 1. The summed E-state index contributed by atoms with van der Waals surface area (Å²) in [6.45, 7) is 3.38. The molecule has 1 N–H and O–H groups in total. The zero-order chi connectivity index (χ0) is 9.26. The molecule has 4 heteroatoms. The van der Waals surface area contributed by atoms with Gasteiger partial charge in [-0.25, -0.2) is 4.98 Å². The molecule has 0 unspecified atom stereocenters. The van der Waals surface area contributed by atoms with Gasteiger partial charge in [0.2, 0.25) is 5.91 Å². The number of imidazole rings is 1. The summed E-state index contributed by atoms with van der Waals surface area (Å²) in [5, 5.41) is 0. The highest BCUT2D eigenvalue weighted by atomic mass is 16.2. The summed E-state index contributed by atoms with van der Waals surface area (Å²) in [4.78, 5) is 20.5. The number of rotatable bonds is 1. The molecular weight excluding hydrogens is 166 g/mol. The van der Waals surface area contributed by atoms with Crippen LogP contribution >= 0.6 is 0 Å². The maximum absolute atomic E-state index is 11.4. The van der Waals surface area contributed by atoms with Crippen molar-refractivity contribution in [2.24, 2.45) is 0 Å². The number of carbonyl (C=O) groups excluding carboxylic acids is 1. The maximum Gasteiger partial charge on any atom is 0.222 e. The number of hydrogen-bond acceptors (Lipinski definition) is 2. The number of amides is 1. The van der Waals surface area contributed by atoms with Crippen LogP contribution in [0.3, 0.4) is 0 Å². The van der Waals surface area contributed by atoms with Crippen LogP contribution in [0.5, 0.6) is 0 Å². The molecule has 2 heterocycles. The largest absolute Gasteiger partial charge is 0.348 e. The van der Waals surface area contributed by atoms with Crippen molar-refractivity contribution in [1.29, 1.82) is 0 Å². The zero-order valence-electron chi connectivity index (χ0n) is 7.71. The first-order valence-corrected chi connectivity index (χ1v) is 4.60. The van der Waals surface area contributed by atoms with Crippen LogP contribution in [0.2, 0.25) is 0 Å². The minimum Gasteiger partial charge on any atom is -0.348 e. The summed E-state index contributed by atoms with van der Waals surface area (Å²) in [6, 6.07) is 0. The monoisotopic (exact) mass is 179 g/mol. The van der Waals surface area contributed by atoms with Gasteiger partial charge < -0.3 is 9.88 Å². The van der Waals surface area contributed by atoms with Gasteiger partial charge in [-0.3, -0.25) is 4.79 Å². The number of nitrogens with zero attached hydrogens (tertiary/aromatic N) is 2. The van der Waals surface area contributed by atoms with Crippen LogP contribution in [0.15, 0.2) is 6.33 Å². The van der Waals surface area contributed by atoms with Crippen LogP contribution in [0.4, 0.5) is 0 Å².